The van der Waals surface area contributed by atoms with Crippen molar-refractivity contribution in [2.45, 2.75) is 24.9 Å². The number of hydrogen-bond donors (Lipinski definition) is 1. The van der Waals surface area contributed by atoms with Crippen LogP contribution in [0.4, 0.5) is 4.79 Å². The highest BCUT2D eigenvalue weighted by Crippen LogP contribution is 2.41. The number of aromatic nitrogens is 1. The van der Waals surface area contributed by atoms with Crippen LogP contribution in [0.1, 0.15) is 23.2 Å². The summed E-state index contributed by atoms with van der Waals surface area (Å²) in [6, 6.07) is 9.55. The molecule has 1 unspecified atom stereocenters. The maximum absolute atomic E-state index is 13.2. The quantitative estimate of drug-likeness (QED) is 0.703. The molecule has 7 heteroatoms. The lowest BCUT2D eigenvalue weighted by Gasteiger charge is -2.22. The number of carbonyl (C=O) groups excluding carboxylic acids is 2. The number of aryl methyl sites for hydroxylation is 1. The summed E-state index contributed by atoms with van der Waals surface area (Å²) < 4.78 is 0. The first-order chi connectivity index (χ1) is 12.7. The van der Waals surface area contributed by atoms with Gasteiger partial charge < -0.3 is 5.32 Å². The van der Waals surface area contributed by atoms with Gasteiger partial charge in [-0.1, -0.05) is 24.3 Å². The number of amides is 3. The monoisotopic (exact) mass is 381 g/mol. The van der Waals surface area contributed by atoms with Crippen LogP contribution >= 0.6 is 22.7 Å². The van der Waals surface area contributed by atoms with E-state index in [0.717, 1.165) is 33.8 Å². The maximum Gasteiger partial charge on any atom is 0.325 e. The molecule has 1 aromatic carbocycles. The first kappa shape index (κ1) is 15.7. The summed E-state index contributed by atoms with van der Waals surface area (Å²) in [6.07, 6.45) is 1.42. The third-order valence-electron chi connectivity index (χ3n) is 5.06. The lowest BCUT2D eigenvalue weighted by molar-refractivity contribution is -0.132. The van der Waals surface area contributed by atoms with E-state index in [0.29, 0.717) is 6.42 Å². The minimum Gasteiger partial charge on any atom is -0.319 e. The molecule has 0 bridgehead atoms. The minimum absolute atomic E-state index is 0.169. The van der Waals surface area contributed by atoms with Crippen LogP contribution in [-0.2, 0) is 23.3 Å². The van der Waals surface area contributed by atoms with Crippen LogP contribution in [0.2, 0.25) is 0 Å². The molecule has 1 N–H and O–H groups in total. The highest BCUT2D eigenvalue weighted by Gasteiger charge is 2.55. The molecule has 26 heavy (non-hydrogen) atoms. The molecular weight excluding hydrogens is 366 g/mol. The van der Waals surface area contributed by atoms with Crippen LogP contribution in [-0.4, -0.2) is 21.8 Å². The first-order valence-corrected chi connectivity index (χ1v) is 10.2. The highest BCUT2D eigenvalue weighted by molar-refractivity contribution is 7.14. The topological polar surface area (TPSA) is 62.3 Å². The van der Waals surface area contributed by atoms with E-state index in [1.807, 2.05) is 46.5 Å². The van der Waals surface area contributed by atoms with E-state index in [1.54, 1.807) is 11.3 Å². The Kier molecular flexibility index (Phi) is 3.48. The number of carbonyl (C=O) groups is 2. The Morgan fingerprint density at radius 1 is 1.19 bits per heavy atom. The molecule has 0 radical (unpaired) electrons. The Hall–Kier alpha value is -2.51. The second kappa shape index (κ2) is 5.75. The van der Waals surface area contributed by atoms with Gasteiger partial charge in [0, 0.05) is 16.3 Å². The Labute approximate surface area is 158 Å². The molecule has 2 aliphatic rings. The van der Waals surface area contributed by atoms with Gasteiger partial charge in [0.15, 0.2) is 0 Å². The van der Waals surface area contributed by atoms with E-state index in [9.17, 15) is 9.59 Å². The predicted octanol–water partition coefficient (Wildman–Crippen LogP) is 3.77. The van der Waals surface area contributed by atoms with Crippen LogP contribution in [0.25, 0.3) is 10.6 Å². The summed E-state index contributed by atoms with van der Waals surface area (Å²) >= 11 is 3.15. The zero-order valence-electron chi connectivity index (χ0n) is 13.8. The molecule has 130 valence electrons. The summed E-state index contributed by atoms with van der Waals surface area (Å²) in [4.78, 5) is 31.6. The van der Waals surface area contributed by atoms with E-state index in [-0.39, 0.29) is 18.5 Å². The molecule has 1 aliphatic carbocycles. The second-order valence-corrected chi connectivity index (χ2v) is 8.18. The fourth-order valence-electron chi connectivity index (χ4n) is 3.79. The zero-order chi connectivity index (χ0) is 17.7. The number of urea groups is 1. The normalized spacial score (nSPS) is 21.5. The summed E-state index contributed by atoms with van der Waals surface area (Å²) in [5.74, 6) is -0.169. The fraction of sp³-hybridized carbons (Fsp3) is 0.211. The second-order valence-electron chi connectivity index (χ2n) is 6.54. The van der Waals surface area contributed by atoms with Crippen LogP contribution in [0, 0.1) is 0 Å². The molecule has 1 spiro atoms. The molecule has 3 heterocycles. The van der Waals surface area contributed by atoms with Crippen LogP contribution in [0.3, 0.4) is 0 Å². The van der Waals surface area contributed by atoms with Crippen molar-refractivity contribution >= 4 is 34.6 Å². The van der Waals surface area contributed by atoms with Gasteiger partial charge in [0.05, 0.1) is 12.2 Å². The van der Waals surface area contributed by atoms with Crippen molar-refractivity contribution in [3.05, 3.63) is 63.3 Å². The van der Waals surface area contributed by atoms with Gasteiger partial charge in [0.1, 0.15) is 10.5 Å². The molecular formula is C19H15N3O2S2. The van der Waals surface area contributed by atoms with E-state index in [2.05, 4.69) is 10.3 Å². The summed E-state index contributed by atoms with van der Waals surface area (Å²) in [6.45, 7) is 0.204. The number of imide groups is 1. The third-order valence-corrected chi connectivity index (χ3v) is 6.69. The van der Waals surface area contributed by atoms with Crippen molar-refractivity contribution in [2.24, 2.45) is 0 Å². The van der Waals surface area contributed by atoms with Gasteiger partial charge in [-0.2, -0.15) is 11.3 Å². The predicted molar refractivity (Wildman–Crippen MR) is 101 cm³/mol. The smallest absolute Gasteiger partial charge is 0.319 e. The molecule has 3 aromatic rings. The molecule has 5 nitrogen and oxygen atoms in total. The standard InChI is InChI=1S/C19H15N3O2S2/c23-17-19(7-5-12-3-1-2-4-15(12)19)21-18(24)22(17)9-14-11-26-16(20-14)13-6-8-25-10-13/h1-4,6,8,10-11H,5,7,9H2,(H,21,24). The van der Waals surface area contributed by atoms with E-state index < -0.39 is 5.54 Å². The molecule has 1 atom stereocenters. The fourth-order valence-corrected chi connectivity index (χ4v) is 5.32. The van der Waals surface area contributed by atoms with E-state index in [1.165, 1.54) is 16.2 Å². The van der Waals surface area contributed by atoms with Crippen molar-refractivity contribution in [1.82, 2.24) is 15.2 Å². The Morgan fingerprint density at radius 2 is 2.08 bits per heavy atom. The molecule has 2 aromatic heterocycles. The number of fused-ring (bicyclic) bond motifs is 2. The third kappa shape index (κ3) is 2.24. The summed E-state index contributed by atoms with van der Waals surface area (Å²) in [5, 5.41) is 9.84. The number of nitrogens with one attached hydrogen (secondary N) is 1. The van der Waals surface area contributed by atoms with E-state index >= 15 is 0 Å². The summed E-state index contributed by atoms with van der Waals surface area (Å²) in [7, 11) is 0. The van der Waals surface area contributed by atoms with Gasteiger partial charge in [-0.15, -0.1) is 11.3 Å². The minimum atomic E-state index is -0.903. The number of hydrogen-bond acceptors (Lipinski definition) is 5. The number of thiazole rings is 1. The maximum atomic E-state index is 13.2. The largest absolute Gasteiger partial charge is 0.325 e. The van der Waals surface area contributed by atoms with Gasteiger partial charge in [0.2, 0.25) is 0 Å². The van der Waals surface area contributed by atoms with Crippen LogP contribution in [0.5, 0.6) is 0 Å². The van der Waals surface area contributed by atoms with Gasteiger partial charge in [-0.25, -0.2) is 9.78 Å². The van der Waals surface area contributed by atoms with Gasteiger partial charge in [-0.3, -0.25) is 9.69 Å². The number of thiophene rings is 1. The van der Waals surface area contributed by atoms with Gasteiger partial charge in [-0.05, 0) is 35.4 Å². The molecule has 3 amide bonds. The van der Waals surface area contributed by atoms with Crippen LogP contribution in [0.15, 0.2) is 46.5 Å². The van der Waals surface area contributed by atoms with Gasteiger partial charge >= 0.3 is 6.03 Å². The number of nitrogens with zero attached hydrogens (tertiary/aromatic N) is 2. The Morgan fingerprint density at radius 3 is 2.92 bits per heavy atom. The average molecular weight is 381 g/mol. The lowest BCUT2D eigenvalue weighted by atomic mass is 9.92. The van der Waals surface area contributed by atoms with Gasteiger partial charge in [0.25, 0.3) is 5.91 Å². The van der Waals surface area contributed by atoms with Crippen molar-refractivity contribution in [2.75, 3.05) is 0 Å². The molecule has 1 saturated heterocycles. The molecule has 0 saturated carbocycles. The van der Waals surface area contributed by atoms with E-state index in [4.69, 9.17) is 0 Å². The van der Waals surface area contributed by atoms with Crippen molar-refractivity contribution in [1.29, 1.82) is 0 Å². The number of rotatable bonds is 3. The Bertz CT molecular complexity index is 1010. The van der Waals surface area contributed by atoms with Crippen molar-refractivity contribution in [3.8, 4) is 10.6 Å². The Balaban J connectivity index is 1.43. The van der Waals surface area contributed by atoms with Crippen molar-refractivity contribution < 1.29 is 9.59 Å². The van der Waals surface area contributed by atoms with Crippen LogP contribution < -0.4 is 5.32 Å². The highest BCUT2D eigenvalue weighted by atomic mass is 32.1. The first-order valence-electron chi connectivity index (χ1n) is 8.37. The SMILES string of the molecule is O=C1NC2(CCc3ccccc32)C(=O)N1Cc1csc(-c2ccsc2)n1. The average Bonchev–Trinajstić information content (AvgIpc) is 3.41. The van der Waals surface area contributed by atoms with Crippen molar-refractivity contribution in [3.63, 3.8) is 0 Å². The summed E-state index contributed by atoms with van der Waals surface area (Å²) in [5.41, 5.74) is 2.97. The number of benzene rings is 1. The molecule has 1 fully saturated rings. The molecule has 1 aliphatic heterocycles. The lowest BCUT2D eigenvalue weighted by Crippen LogP contribution is -2.41. The molecule has 5 rings (SSSR count). The zero-order valence-corrected chi connectivity index (χ0v) is 15.4.